The topological polar surface area (TPSA) is 77.2 Å². The second-order valence-corrected chi connectivity index (χ2v) is 6.24. The third kappa shape index (κ3) is 3.09. The van der Waals surface area contributed by atoms with Gasteiger partial charge in [0, 0.05) is 25.0 Å². The molecule has 2 saturated heterocycles. The van der Waals surface area contributed by atoms with E-state index in [2.05, 4.69) is 32.3 Å². The van der Waals surface area contributed by atoms with E-state index in [0.717, 1.165) is 25.2 Å². The van der Waals surface area contributed by atoms with Crippen molar-refractivity contribution in [3.8, 4) is 0 Å². The number of amides is 2. The summed E-state index contributed by atoms with van der Waals surface area (Å²) in [5, 5.41) is 9.90. The van der Waals surface area contributed by atoms with Crippen LogP contribution in [0, 0.1) is 0 Å². The summed E-state index contributed by atoms with van der Waals surface area (Å²) in [5.74, 6) is 1.50. The van der Waals surface area contributed by atoms with Crippen molar-refractivity contribution < 1.29 is 4.79 Å². The van der Waals surface area contributed by atoms with E-state index in [1.165, 1.54) is 25.9 Å². The molecule has 2 fully saturated rings. The molecule has 7 nitrogen and oxygen atoms in total. The number of rotatable bonds is 4. The predicted molar refractivity (Wildman–Crippen MR) is 83.4 cm³/mol. The number of aromatic nitrogens is 3. The first-order valence-corrected chi connectivity index (χ1v) is 8.37. The fourth-order valence-corrected chi connectivity index (χ4v) is 3.60. The van der Waals surface area contributed by atoms with Crippen LogP contribution in [0.25, 0.3) is 0 Å². The molecule has 122 valence electrons. The van der Waals surface area contributed by atoms with E-state index in [-0.39, 0.29) is 12.1 Å². The summed E-state index contributed by atoms with van der Waals surface area (Å²) in [4.78, 5) is 21.2. The molecule has 22 heavy (non-hydrogen) atoms. The standard InChI is InChI=1S/C15H26N6O/c1-3-13-17-14(19-18-13)10-16-15(22)21-9-6-12(11(21)2)20-7-4-5-8-20/h11-12H,3-10H2,1-2H3,(H,16,22)(H,17,18,19)/t11-,12+/m0/s1. The predicted octanol–water partition coefficient (Wildman–Crippen LogP) is 1.14. The number of aromatic amines is 1. The number of carbonyl (C=O) groups is 1. The summed E-state index contributed by atoms with van der Waals surface area (Å²) in [5.41, 5.74) is 0. The van der Waals surface area contributed by atoms with E-state index in [0.29, 0.717) is 18.4 Å². The van der Waals surface area contributed by atoms with Crippen molar-refractivity contribution in [2.75, 3.05) is 19.6 Å². The number of H-pyrrole nitrogens is 1. The lowest BCUT2D eigenvalue weighted by molar-refractivity contribution is 0.168. The fraction of sp³-hybridized carbons (Fsp3) is 0.800. The molecular formula is C15H26N6O. The maximum absolute atomic E-state index is 12.4. The van der Waals surface area contributed by atoms with E-state index < -0.39 is 0 Å². The minimum Gasteiger partial charge on any atom is -0.331 e. The fourth-order valence-electron chi connectivity index (χ4n) is 3.60. The molecule has 2 atom stereocenters. The highest BCUT2D eigenvalue weighted by molar-refractivity contribution is 5.74. The van der Waals surface area contributed by atoms with Gasteiger partial charge in [-0.2, -0.15) is 5.10 Å². The number of nitrogens with zero attached hydrogens (tertiary/aromatic N) is 4. The van der Waals surface area contributed by atoms with Gasteiger partial charge in [0.15, 0.2) is 5.82 Å². The molecule has 0 spiro atoms. The Morgan fingerprint density at radius 1 is 1.36 bits per heavy atom. The highest BCUT2D eigenvalue weighted by Gasteiger charge is 2.37. The molecule has 2 amide bonds. The molecule has 3 rings (SSSR count). The summed E-state index contributed by atoms with van der Waals surface area (Å²) < 4.78 is 0. The summed E-state index contributed by atoms with van der Waals surface area (Å²) in [6, 6.07) is 0.799. The monoisotopic (exact) mass is 306 g/mol. The van der Waals surface area contributed by atoms with Gasteiger partial charge >= 0.3 is 6.03 Å². The van der Waals surface area contributed by atoms with Crippen molar-refractivity contribution in [3.05, 3.63) is 11.6 Å². The van der Waals surface area contributed by atoms with Crippen molar-refractivity contribution in [1.29, 1.82) is 0 Å². The molecule has 3 heterocycles. The maximum Gasteiger partial charge on any atom is 0.318 e. The first-order valence-electron chi connectivity index (χ1n) is 8.37. The highest BCUT2D eigenvalue weighted by Crippen LogP contribution is 2.25. The van der Waals surface area contributed by atoms with Gasteiger partial charge in [-0.3, -0.25) is 10.00 Å². The zero-order valence-corrected chi connectivity index (χ0v) is 13.5. The minimum atomic E-state index is 0.00338. The average Bonchev–Trinajstić information content (AvgIpc) is 3.25. The molecule has 2 aliphatic heterocycles. The number of nitrogens with one attached hydrogen (secondary N) is 2. The third-order valence-electron chi connectivity index (χ3n) is 4.89. The molecule has 1 aromatic heterocycles. The lowest BCUT2D eigenvalue weighted by atomic mass is 10.1. The number of hydrogen-bond acceptors (Lipinski definition) is 4. The van der Waals surface area contributed by atoms with Crippen LogP contribution in [0.5, 0.6) is 0 Å². The molecule has 0 radical (unpaired) electrons. The van der Waals surface area contributed by atoms with Crippen LogP contribution in [0.4, 0.5) is 4.79 Å². The third-order valence-corrected chi connectivity index (χ3v) is 4.89. The number of hydrogen-bond donors (Lipinski definition) is 2. The highest BCUT2D eigenvalue weighted by atomic mass is 16.2. The lowest BCUT2D eigenvalue weighted by Crippen LogP contribution is -2.47. The maximum atomic E-state index is 12.4. The van der Waals surface area contributed by atoms with Gasteiger partial charge in [0.25, 0.3) is 0 Å². The molecule has 0 unspecified atom stereocenters. The Hall–Kier alpha value is -1.63. The van der Waals surface area contributed by atoms with Gasteiger partial charge in [-0.1, -0.05) is 6.92 Å². The van der Waals surface area contributed by atoms with Gasteiger partial charge in [0.2, 0.25) is 0 Å². The molecule has 0 bridgehead atoms. The molecule has 2 N–H and O–H groups in total. The van der Waals surface area contributed by atoms with Crippen molar-refractivity contribution >= 4 is 6.03 Å². The van der Waals surface area contributed by atoms with Crippen molar-refractivity contribution in [2.45, 2.75) is 58.2 Å². The Balaban J connectivity index is 1.51. The molecule has 2 aliphatic rings. The van der Waals surface area contributed by atoms with Crippen LogP contribution in [0.1, 0.15) is 44.8 Å². The summed E-state index contributed by atoms with van der Waals surface area (Å²) >= 11 is 0. The van der Waals surface area contributed by atoms with Crippen LogP contribution >= 0.6 is 0 Å². The van der Waals surface area contributed by atoms with Crippen LogP contribution in [-0.2, 0) is 13.0 Å². The van der Waals surface area contributed by atoms with Gasteiger partial charge in [0.05, 0.1) is 6.54 Å². The Morgan fingerprint density at radius 2 is 2.14 bits per heavy atom. The van der Waals surface area contributed by atoms with Crippen LogP contribution in [0.15, 0.2) is 0 Å². The second kappa shape index (κ2) is 6.64. The van der Waals surface area contributed by atoms with Crippen LogP contribution in [-0.4, -0.2) is 62.7 Å². The molecular weight excluding hydrogens is 280 g/mol. The molecule has 0 aliphatic carbocycles. The Kier molecular flexibility index (Phi) is 4.61. The van der Waals surface area contributed by atoms with E-state index in [1.54, 1.807) is 0 Å². The number of carbonyl (C=O) groups excluding carboxylic acids is 1. The van der Waals surface area contributed by atoms with Gasteiger partial charge in [-0.15, -0.1) is 0 Å². The molecule has 0 aromatic carbocycles. The van der Waals surface area contributed by atoms with Crippen molar-refractivity contribution in [2.24, 2.45) is 0 Å². The van der Waals surface area contributed by atoms with E-state index in [9.17, 15) is 4.79 Å². The number of urea groups is 1. The normalized spacial score (nSPS) is 25.8. The van der Waals surface area contributed by atoms with Gasteiger partial charge < -0.3 is 10.2 Å². The van der Waals surface area contributed by atoms with Gasteiger partial charge in [-0.25, -0.2) is 9.78 Å². The van der Waals surface area contributed by atoms with Crippen molar-refractivity contribution in [3.63, 3.8) is 0 Å². The van der Waals surface area contributed by atoms with Gasteiger partial charge in [0.1, 0.15) is 5.82 Å². The minimum absolute atomic E-state index is 0.00338. The van der Waals surface area contributed by atoms with Gasteiger partial charge in [-0.05, 0) is 39.3 Å². The van der Waals surface area contributed by atoms with E-state index in [1.807, 2.05) is 11.8 Å². The SMILES string of the molecule is CCc1n[nH]c(CNC(=O)N2CC[C@@H](N3CCCC3)[C@@H]2C)n1. The Labute approximate surface area is 131 Å². The van der Waals surface area contributed by atoms with E-state index in [4.69, 9.17) is 0 Å². The Morgan fingerprint density at radius 3 is 2.82 bits per heavy atom. The zero-order valence-electron chi connectivity index (χ0n) is 13.5. The van der Waals surface area contributed by atoms with Crippen LogP contribution in [0.3, 0.4) is 0 Å². The first kappa shape index (κ1) is 15.3. The molecule has 0 saturated carbocycles. The molecule has 7 heteroatoms. The van der Waals surface area contributed by atoms with Crippen molar-refractivity contribution in [1.82, 2.24) is 30.3 Å². The largest absolute Gasteiger partial charge is 0.331 e. The quantitative estimate of drug-likeness (QED) is 0.874. The summed E-state index contributed by atoms with van der Waals surface area (Å²) in [7, 11) is 0. The number of likely N-dealkylation sites (tertiary alicyclic amines) is 2. The summed E-state index contributed by atoms with van der Waals surface area (Å²) in [6.45, 7) is 7.79. The first-order chi connectivity index (χ1) is 10.7. The van der Waals surface area contributed by atoms with Crippen LogP contribution < -0.4 is 5.32 Å². The lowest BCUT2D eigenvalue weighted by Gasteiger charge is -2.30. The molecule has 1 aromatic rings. The summed E-state index contributed by atoms with van der Waals surface area (Å²) in [6.07, 6.45) is 4.46. The van der Waals surface area contributed by atoms with Crippen LogP contribution in [0.2, 0.25) is 0 Å². The average molecular weight is 306 g/mol. The second-order valence-electron chi connectivity index (χ2n) is 6.24. The Bertz CT molecular complexity index is 510. The zero-order chi connectivity index (χ0) is 15.5. The van der Waals surface area contributed by atoms with E-state index >= 15 is 0 Å². The number of aryl methyl sites for hydroxylation is 1. The smallest absolute Gasteiger partial charge is 0.318 e.